The van der Waals surface area contributed by atoms with Crippen molar-refractivity contribution >= 4 is 43.5 Å². The molecule has 0 aliphatic heterocycles. The van der Waals surface area contributed by atoms with Gasteiger partial charge in [-0.2, -0.15) is 5.10 Å². The minimum absolute atomic E-state index is 0.277. The molecular formula is C13H12Br2FN3O. The van der Waals surface area contributed by atoms with Crippen molar-refractivity contribution in [1.29, 1.82) is 0 Å². The molecule has 2 rings (SSSR count). The van der Waals surface area contributed by atoms with Crippen LogP contribution in [0, 0.1) is 19.7 Å². The normalized spacial score (nSPS) is 10.7. The Morgan fingerprint density at radius 1 is 1.30 bits per heavy atom. The van der Waals surface area contributed by atoms with Gasteiger partial charge in [0.25, 0.3) is 5.91 Å². The number of hydrogen-bond donors (Lipinski definition) is 1. The van der Waals surface area contributed by atoms with Crippen LogP contribution in [0.15, 0.2) is 21.1 Å². The first-order valence-electron chi connectivity index (χ1n) is 5.77. The molecule has 1 amide bonds. The molecule has 7 heteroatoms. The van der Waals surface area contributed by atoms with Gasteiger partial charge in [0.15, 0.2) is 0 Å². The van der Waals surface area contributed by atoms with Gasteiger partial charge in [-0.25, -0.2) is 4.39 Å². The Morgan fingerprint density at radius 2 is 1.85 bits per heavy atom. The van der Waals surface area contributed by atoms with E-state index in [0.29, 0.717) is 25.9 Å². The molecule has 0 saturated carbocycles. The van der Waals surface area contributed by atoms with E-state index in [2.05, 4.69) is 42.3 Å². The van der Waals surface area contributed by atoms with E-state index in [-0.39, 0.29) is 5.91 Å². The molecule has 0 bridgehead atoms. The molecule has 0 aliphatic rings. The van der Waals surface area contributed by atoms with Crippen molar-refractivity contribution in [2.24, 2.45) is 7.05 Å². The Bertz CT molecular complexity index is 674. The fourth-order valence-electron chi connectivity index (χ4n) is 1.94. The van der Waals surface area contributed by atoms with Gasteiger partial charge in [0.05, 0.1) is 16.9 Å². The molecular weight excluding hydrogens is 393 g/mol. The summed E-state index contributed by atoms with van der Waals surface area (Å²) in [6.45, 7) is 3.60. The summed E-state index contributed by atoms with van der Waals surface area (Å²) >= 11 is 6.47. The highest BCUT2D eigenvalue weighted by Gasteiger charge is 2.19. The number of aryl methyl sites for hydroxylation is 2. The maximum absolute atomic E-state index is 13.2. The van der Waals surface area contributed by atoms with Crippen LogP contribution in [0.25, 0.3) is 0 Å². The molecule has 0 fully saturated rings. The number of nitrogens with one attached hydrogen (secondary N) is 1. The molecule has 20 heavy (non-hydrogen) atoms. The molecule has 0 atom stereocenters. The van der Waals surface area contributed by atoms with Gasteiger partial charge in [-0.15, -0.1) is 0 Å². The number of benzene rings is 1. The smallest absolute Gasteiger partial charge is 0.259 e. The summed E-state index contributed by atoms with van der Waals surface area (Å²) in [5.41, 5.74) is 2.43. The third-order valence-electron chi connectivity index (χ3n) is 2.98. The van der Waals surface area contributed by atoms with Gasteiger partial charge in [0.2, 0.25) is 0 Å². The zero-order valence-corrected chi connectivity index (χ0v) is 14.3. The van der Waals surface area contributed by atoms with E-state index < -0.39 is 5.82 Å². The van der Waals surface area contributed by atoms with Gasteiger partial charge in [0, 0.05) is 21.7 Å². The van der Waals surface area contributed by atoms with Crippen LogP contribution in [0.1, 0.15) is 21.7 Å². The summed E-state index contributed by atoms with van der Waals surface area (Å²) in [4.78, 5) is 12.4. The largest absolute Gasteiger partial charge is 0.320 e. The van der Waals surface area contributed by atoms with Crippen LogP contribution in [0.4, 0.5) is 10.1 Å². The summed E-state index contributed by atoms with van der Waals surface area (Å²) in [5, 5.41) is 6.97. The summed E-state index contributed by atoms with van der Waals surface area (Å²) in [6, 6.07) is 2.59. The maximum atomic E-state index is 13.2. The van der Waals surface area contributed by atoms with Crippen molar-refractivity contribution in [2.75, 3.05) is 5.32 Å². The molecule has 1 N–H and O–H groups in total. The predicted octanol–water partition coefficient (Wildman–Crippen LogP) is 3.95. The van der Waals surface area contributed by atoms with Crippen LogP contribution < -0.4 is 5.32 Å². The van der Waals surface area contributed by atoms with Crippen LogP contribution in [0.3, 0.4) is 0 Å². The molecule has 0 radical (unpaired) electrons. The van der Waals surface area contributed by atoms with Crippen molar-refractivity contribution in [1.82, 2.24) is 9.78 Å². The predicted molar refractivity (Wildman–Crippen MR) is 82.4 cm³/mol. The fraction of sp³-hybridized carbons (Fsp3) is 0.231. The Labute approximate surface area is 132 Å². The summed E-state index contributed by atoms with van der Waals surface area (Å²) in [6.07, 6.45) is 0. The maximum Gasteiger partial charge on any atom is 0.259 e. The second-order valence-electron chi connectivity index (χ2n) is 4.37. The van der Waals surface area contributed by atoms with Crippen molar-refractivity contribution in [3.8, 4) is 0 Å². The number of carbonyl (C=O) groups excluding carboxylic acids is 1. The zero-order valence-electron chi connectivity index (χ0n) is 11.1. The summed E-state index contributed by atoms with van der Waals surface area (Å²) in [7, 11) is 1.78. The number of hydrogen-bond acceptors (Lipinski definition) is 2. The van der Waals surface area contributed by atoms with E-state index in [4.69, 9.17) is 0 Å². The number of amides is 1. The minimum Gasteiger partial charge on any atom is -0.320 e. The monoisotopic (exact) mass is 403 g/mol. The van der Waals surface area contributed by atoms with E-state index in [1.165, 1.54) is 12.1 Å². The third kappa shape index (κ3) is 2.78. The fourth-order valence-corrected chi connectivity index (χ4v) is 3.27. The highest BCUT2D eigenvalue weighted by atomic mass is 79.9. The Morgan fingerprint density at radius 3 is 2.30 bits per heavy atom. The standard InChI is InChI=1S/C13H12Br2FN3O/c1-6-11(7(2)19(3)18-6)13(20)17-12-9(14)4-8(16)5-10(12)15/h4-5H,1-3H3,(H,17,20). The van der Waals surface area contributed by atoms with Crippen molar-refractivity contribution in [3.05, 3.63) is 43.8 Å². The number of anilines is 1. The first-order valence-corrected chi connectivity index (χ1v) is 7.36. The second kappa shape index (κ2) is 5.65. The van der Waals surface area contributed by atoms with Crippen LogP contribution >= 0.6 is 31.9 Å². The van der Waals surface area contributed by atoms with Crippen molar-refractivity contribution < 1.29 is 9.18 Å². The van der Waals surface area contributed by atoms with Crippen LogP contribution in [0.2, 0.25) is 0 Å². The van der Waals surface area contributed by atoms with E-state index >= 15 is 0 Å². The van der Waals surface area contributed by atoms with Crippen LogP contribution in [0.5, 0.6) is 0 Å². The third-order valence-corrected chi connectivity index (χ3v) is 4.23. The van der Waals surface area contributed by atoms with Crippen molar-refractivity contribution in [2.45, 2.75) is 13.8 Å². The van der Waals surface area contributed by atoms with Crippen molar-refractivity contribution in [3.63, 3.8) is 0 Å². The number of aromatic nitrogens is 2. The average Bonchev–Trinajstić information content (AvgIpc) is 2.58. The zero-order chi connectivity index (χ0) is 15.0. The molecule has 0 saturated heterocycles. The SMILES string of the molecule is Cc1nn(C)c(C)c1C(=O)Nc1c(Br)cc(F)cc1Br. The van der Waals surface area contributed by atoms with Gasteiger partial charge in [-0.3, -0.25) is 9.48 Å². The lowest BCUT2D eigenvalue weighted by Crippen LogP contribution is -2.15. The Balaban J connectivity index is 2.38. The molecule has 1 aromatic heterocycles. The highest BCUT2D eigenvalue weighted by Crippen LogP contribution is 2.32. The molecule has 0 unspecified atom stereocenters. The lowest BCUT2D eigenvalue weighted by Gasteiger charge is -2.10. The van der Waals surface area contributed by atoms with Crippen LogP contribution in [-0.4, -0.2) is 15.7 Å². The number of rotatable bonds is 2. The first-order chi connectivity index (χ1) is 9.31. The Hall–Kier alpha value is -1.21. The van der Waals surface area contributed by atoms with E-state index in [1.54, 1.807) is 18.7 Å². The molecule has 0 aliphatic carbocycles. The highest BCUT2D eigenvalue weighted by molar-refractivity contribution is 9.11. The van der Waals surface area contributed by atoms with Gasteiger partial charge in [-0.1, -0.05) is 0 Å². The second-order valence-corrected chi connectivity index (χ2v) is 6.08. The molecule has 1 heterocycles. The number of nitrogens with zero attached hydrogens (tertiary/aromatic N) is 2. The van der Waals surface area contributed by atoms with Gasteiger partial charge in [0.1, 0.15) is 5.82 Å². The molecule has 4 nitrogen and oxygen atoms in total. The Kier molecular flexibility index (Phi) is 4.29. The first kappa shape index (κ1) is 15.2. The van der Waals surface area contributed by atoms with E-state index in [9.17, 15) is 9.18 Å². The summed E-state index contributed by atoms with van der Waals surface area (Å²) < 4.78 is 15.8. The minimum atomic E-state index is -0.393. The average molecular weight is 405 g/mol. The van der Waals surface area contributed by atoms with Gasteiger partial charge in [-0.05, 0) is 57.8 Å². The molecule has 2 aromatic rings. The molecule has 1 aromatic carbocycles. The lowest BCUT2D eigenvalue weighted by molar-refractivity contribution is 0.102. The molecule has 0 spiro atoms. The lowest BCUT2D eigenvalue weighted by atomic mass is 10.2. The van der Waals surface area contributed by atoms with Gasteiger partial charge < -0.3 is 5.32 Å². The summed E-state index contributed by atoms with van der Waals surface area (Å²) in [5.74, 6) is -0.670. The quantitative estimate of drug-likeness (QED) is 0.823. The number of halogens is 3. The van der Waals surface area contributed by atoms with E-state index in [1.807, 2.05) is 6.92 Å². The number of carbonyl (C=O) groups is 1. The van der Waals surface area contributed by atoms with Gasteiger partial charge >= 0.3 is 0 Å². The molecule has 106 valence electrons. The van der Waals surface area contributed by atoms with Crippen LogP contribution in [-0.2, 0) is 7.05 Å². The topological polar surface area (TPSA) is 46.9 Å². The van der Waals surface area contributed by atoms with E-state index in [0.717, 1.165) is 5.69 Å².